The van der Waals surface area contributed by atoms with Crippen LogP contribution in [0.4, 0.5) is 0 Å². The van der Waals surface area contributed by atoms with Crippen LogP contribution in [0.3, 0.4) is 0 Å². The van der Waals surface area contributed by atoms with Gasteiger partial charge in [-0.05, 0) is 11.6 Å². The molecule has 3 rings (SSSR count). The fourth-order valence-corrected chi connectivity index (χ4v) is 3.63. The molecule has 1 aromatic rings. The van der Waals surface area contributed by atoms with E-state index in [0.717, 1.165) is 19.6 Å². The van der Waals surface area contributed by atoms with Gasteiger partial charge >= 0.3 is 0 Å². The molecule has 0 radical (unpaired) electrons. The van der Waals surface area contributed by atoms with Gasteiger partial charge < -0.3 is 5.11 Å². The van der Waals surface area contributed by atoms with Gasteiger partial charge in [-0.2, -0.15) is 0 Å². The van der Waals surface area contributed by atoms with Crippen LogP contribution in [-0.2, 0) is 0 Å². The van der Waals surface area contributed by atoms with Crippen LogP contribution in [-0.4, -0.2) is 41.5 Å². The Kier molecular flexibility index (Phi) is 2.47. The van der Waals surface area contributed by atoms with Crippen molar-refractivity contribution in [1.82, 2.24) is 4.90 Å². The van der Waals surface area contributed by atoms with E-state index >= 15 is 0 Å². The number of aliphatic hydroxyl groups is 1. The number of likely N-dealkylation sites (tertiary alicyclic amines) is 1. The fraction of sp³-hybridized carbons (Fsp3) is 0.500. The van der Waals surface area contributed by atoms with E-state index < -0.39 is 0 Å². The molecular weight excluding hydrogens is 206 g/mol. The van der Waals surface area contributed by atoms with Crippen LogP contribution in [0.25, 0.3) is 0 Å². The Hall–Kier alpha value is -0.510. The lowest BCUT2D eigenvalue weighted by molar-refractivity contribution is -0.0000503. The molecule has 1 aromatic carbocycles. The van der Waals surface area contributed by atoms with Crippen LogP contribution in [0, 0.1) is 0 Å². The van der Waals surface area contributed by atoms with Gasteiger partial charge in [0.15, 0.2) is 0 Å². The van der Waals surface area contributed by atoms with Crippen molar-refractivity contribution in [3.05, 3.63) is 29.8 Å². The molecule has 2 aliphatic rings. The minimum atomic E-state index is -0.0747. The standard InChI is InChI=1S/C12H15NOS/c14-10-6-13(7-10)5-9-8-15-12-4-2-1-3-11(9)12/h1-4,9-10,14H,5-8H2. The summed E-state index contributed by atoms with van der Waals surface area (Å²) in [6.07, 6.45) is -0.0747. The molecule has 1 atom stereocenters. The highest BCUT2D eigenvalue weighted by Crippen LogP contribution is 2.39. The van der Waals surface area contributed by atoms with E-state index in [1.54, 1.807) is 0 Å². The third-order valence-corrected chi connectivity index (χ3v) is 4.47. The zero-order chi connectivity index (χ0) is 10.3. The van der Waals surface area contributed by atoms with Gasteiger partial charge in [0.1, 0.15) is 0 Å². The number of benzene rings is 1. The molecule has 0 spiro atoms. The van der Waals surface area contributed by atoms with Crippen molar-refractivity contribution in [2.45, 2.75) is 16.9 Å². The Bertz CT molecular complexity index is 362. The van der Waals surface area contributed by atoms with E-state index in [1.165, 1.54) is 16.2 Å². The number of nitrogens with zero attached hydrogens (tertiary/aromatic N) is 1. The Labute approximate surface area is 94.3 Å². The molecule has 1 N–H and O–H groups in total. The molecule has 1 unspecified atom stereocenters. The first-order valence-electron chi connectivity index (χ1n) is 5.45. The molecule has 0 bridgehead atoms. The Balaban J connectivity index is 1.69. The van der Waals surface area contributed by atoms with E-state index in [2.05, 4.69) is 29.2 Å². The maximum Gasteiger partial charge on any atom is 0.0793 e. The van der Waals surface area contributed by atoms with Gasteiger partial charge in [-0.15, -0.1) is 11.8 Å². The van der Waals surface area contributed by atoms with Crippen molar-refractivity contribution >= 4 is 11.8 Å². The first-order chi connectivity index (χ1) is 7.33. The number of thioether (sulfide) groups is 1. The van der Waals surface area contributed by atoms with Gasteiger partial charge in [0.25, 0.3) is 0 Å². The molecule has 0 aromatic heterocycles. The normalized spacial score (nSPS) is 26.3. The molecule has 0 aliphatic carbocycles. The minimum Gasteiger partial charge on any atom is -0.390 e. The number of fused-ring (bicyclic) bond motifs is 1. The van der Waals surface area contributed by atoms with Gasteiger partial charge in [-0.25, -0.2) is 0 Å². The quantitative estimate of drug-likeness (QED) is 0.819. The maximum absolute atomic E-state index is 9.24. The Morgan fingerprint density at radius 1 is 1.33 bits per heavy atom. The highest BCUT2D eigenvalue weighted by molar-refractivity contribution is 7.99. The summed E-state index contributed by atoms with van der Waals surface area (Å²) in [4.78, 5) is 3.79. The van der Waals surface area contributed by atoms with Crippen LogP contribution in [0.15, 0.2) is 29.2 Å². The third-order valence-electron chi connectivity index (χ3n) is 3.22. The molecule has 2 nitrogen and oxygen atoms in total. The molecule has 3 heteroatoms. The molecule has 1 saturated heterocycles. The zero-order valence-electron chi connectivity index (χ0n) is 8.60. The van der Waals surface area contributed by atoms with Crippen molar-refractivity contribution in [2.75, 3.05) is 25.4 Å². The summed E-state index contributed by atoms with van der Waals surface area (Å²) < 4.78 is 0. The number of β-amino-alcohol motifs (C(OH)–C–C–N with tert-alkyl or cyclic N) is 1. The second-order valence-electron chi connectivity index (χ2n) is 4.42. The lowest BCUT2D eigenvalue weighted by Gasteiger charge is -2.37. The molecule has 15 heavy (non-hydrogen) atoms. The molecule has 2 heterocycles. The van der Waals surface area contributed by atoms with Crippen LogP contribution >= 0.6 is 11.8 Å². The van der Waals surface area contributed by atoms with Gasteiger partial charge in [0.2, 0.25) is 0 Å². The van der Waals surface area contributed by atoms with Crippen LogP contribution in [0.1, 0.15) is 11.5 Å². The number of aliphatic hydroxyl groups excluding tert-OH is 1. The number of hydrogen-bond acceptors (Lipinski definition) is 3. The lowest BCUT2D eigenvalue weighted by Crippen LogP contribution is -2.51. The smallest absolute Gasteiger partial charge is 0.0793 e. The van der Waals surface area contributed by atoms with E-state index in [1.807, 2.05) is 11.8 Å². The van der Waals surface area contributed by atoms with Gasteiger partial charge in [0.05, 0.1) is 6.10 Å². The van der Waals surface area contributed by atoms with Gasteiger partial charge in [0, 0.05) is 36.2 Å². The molecule has 1 fully saturated rings. The zero-order valence-corrected chi connectivity index (χ0v) is 9.41. The predicted molar refractivity (Wildman–Crippen MR) is 62.4 cm³/mol. The first kappa shape index (κ1) is 9.70. The molecule has 0 amide bonds. The molecule has 0 saturated carbocycles. The first-order valence-corrected chi connectivity index (χ1v) is 6.43. The van der Waals surface area contributed by atoms with Crippen molar-refractivity contribution in [3.63, 3.8) is 0 Å². The minimum absolute atomic E-state index is 0.0747. The number of rotatable bonds is 2. The Morgan fingerprint density at radius 2 is 2.13 bits per heavy atom. The maximum atomic E-state index is 9.24. The van der Waals surface area contributed by atoms with Crippen molar-refractivity contribution < 1.29 is 5.11 Å². The highest BCUT2D eigenvalue weighted by Gasteiger charge is 2.30. The summed E-state index contributed by atoms with van der Waals surface area (Å²) in [6, 6.07) is 8.70. The monoisotopic (exact) mass is 221 g/mol. The van der Waals surface area contributed by atoms with E-state index in [-0.39, 0.29) is 6.10 Å². The van der Waals surface area contributed by atoms with Gasteiger partial charge in [-0.3, -0.25) is 4.90 Å². The van der Waals surface area contributed by atoms with Crippen molar-refractivity contribution in [1.29, 1.82) is 0 Å². The topological polar surface area (TPSA) is 23.5 Å². The van der Waals surface area contributed by atoms with Crippen molar-refractivity contribution in [2.24, 2.45) is 0 Å². The third kappa shape index (κ3) is 1.80. The molecule has 2 aliphatic heterocycles. The molecule has 80 valence electrons. The predicted octanol–water partition coefficient (Wildman–Crippen LogP) is 1.55. The SMILES string of the molecule is OC1CN(CC2CSc3ccccc32)C1. The van der Waals surface area contributed by atoms with E-state index in [9.17, 15) is 5.11 Å². The Morgan fingerprint density at radius 3 is 2.93 bits per heavy atom. The second kappa shape index (κ2) is 3.81. The van der Waals surface area contributed by atoms with E-state index in [0.29, 0.717) is 5.92 Å². The van der Waals surface area contributed by atoms with Crippen molar-refractivity contribution in [3.8, 4) is 0 Å². The van der Waals surface area contributed by atoms with Crippen LogP contribution < -0.4 is 0 Å². The number of hydrogen-bond donors (Lipinski definition) is 1. The second-order valence-corrected chi connectivity index (χ2v) is 5.48. The summed E-state index contributed by atoms with van der Waals surface area (Å²) in [5, 5.41) is 9.24. The van der Waals surface area contributed by atoms with Gasteiger partial charge in [-0.1, -0.05) is 18.2 Å². The average Bonchev–Trinajstić information content (AvgIpc) is 2.60. The lowest BCUT2D eigenvalue weighted by atomic mass is 9.99. The highest BCUT2D eigenvalue weighted by atomic mass is 32.2. The fourth-order valence-electron chi connectivity index (χ4n) is 2.38. The largest absolute Gasteiger partial charge is 0.390 e. The summed E-state index contributed by atoms with van der Waals surface area (Å²) in [5.41, 5.74) is 1.50. The summed E-state index contributed by atoms with van der Waals surface area (Å²) >= 11 is 1.96. The average molecular weight is 221 g/mol. The van der Waals surface area contributed by atoms with Crippen LogP contribution in [0.5, 0.6) is 0 Å². The summed E-state index contributed by atoms with van der Waals surface area (Å²) in [6.45, 7) is 2.84. The summed E-state index contributed by atoms with van der Waals surface area (Å²) in [5.74, 6) is 1.87. The molecular formula is C12H15NOS. The van der Waals surface area contributed by atoms with E-state index in [4.69, 9.17) is 0 Å². The van der Waals surface area contributed by atoms with Crippen LogP contribution in [0.2, 0.25) is 0 Å². The summed E-state index contributed by atoms with van der Waals surface area (Å²) in [7, 11) is 0.